The van der Waals surface area contributed by atoms with Gasteiger partial charge in [-0.05, 0) is 68.6 Å². The highest BCUT2D eigenvalue weighted by atomic mass is 32.2. The van der Waals surface area contributed by atoms with E-state index in [1.807, 2.05) is 11.8 Å². The highest BCUT2D eigenvalue weighted by Gasteiger charge is 2.26. The van der Waals surface area contributed by atoms with E-state index in [4.69, 9.17) is 5.73 Å². The van der Waals surface area contributed by atoms with Gasteiger partial charge in [0, 0.05) is 31.7 Å². The van der Waals surface area contributed by atoms with Crippen LogP contribution in [0.15, 0.2) is 53.4 Å². The van der Waals surface area contributed by atoms with Gasteiger partial charge in [0.1, 0.15) is 5.82 Å². The van der Waals surface area contributed by atoms with E-state index in [0.717, 1.165) is 18.4 Å². The molecule has 2 aromatic rings. The fourth-order valence-corrected chi connectivity index (χ4v) is 5.12. The number of nitrogens with one attached hydrogen (secondary N) is 1. The molecule has 1 atom stereocenters. The summed E-state index contributed by atoms with van der Waals surface area (Å²) in [5, 5.41) is 0. The van der Waals surface area contributed by atoms with Crippen molar-refractivity contribution in [1.29, 1.82) is 0 Å². The summed E-state index contributed by atoms with van der Waals surface area (Å²) in [5.41, 5.74) is 6.74. The number of likely N-dealkylation sites (tertiary alicyclic amines) is 1. The van der Waals surface area contributed by atoms with Crippen molar-refractivity contribution < 1.29 is 22.4 Å². The fraction of sp³-hybridized carbons (Fsp3) is 0.417. The van der Waals surface area contributed by atoms with Crippen molar-refractivity contribution in [3.63, 3.8) is 0 Å². The van der Waals surface area contributed by atoms with Gasteiger partial charge in [0.25, 0.3) is 0 Å². The number of aryl methyl sites for hydroxylation is 1. The van der Waals surface area contributed by atoms with Gasteiger partial charge in [-0.2, -0.15) is 0 Å². The van der Waals surface area contributed by atoms with Crippen molar-refractivity contribution in [1.82, 2.24) is 9.62 Å². The number of benzene rings is 2. The largest absolute Gasteiger partial charge is 0.370 e. The third-order valence-corrected chi connectivity index (χ3v) is 7.32. The van der Waals surface area contributed by atoms with Crippen molar-refractivity contribution in [2.75, 3.05) is 37.6 Å². The predicted molar refractivity (Wildman–Crippen MR) is 128 cm³/mol. The maximum atomic E-state index is 13.3. The van der Waals surface area contributed by atoms with Crippen LogP contribution in [0.5, 0.6) is 0 Å². The van der Waals surface area contributed by atoms with Crippen molar-refractivity contribution in [2.24, 2.45) is 11.7 Å². The molecule has 0 aliphatic carbocycles. The maximum Gasteiger partial charge on any atom is 0.241 e. The number of carbonyl (C=O) groups excluding carboxylic acids is 2. The Morgan fingerprint density at radius 1 is 1.15 bits per heavy atom. The molecule has 0 bridgehead atoms. The van der Waals surface area contributed by atoms with Gasteiger partial charge < -0.3 is 10.6 Å². The van der Waals surface area contributed by atoms with Crippen LogP contribution in [-0.2, 0) is 19.6 Å². The van der Waals surface area contributed by atoms with Crippen LogP contribution in [-0.4, -0.2) is 57.9 Å². The van der Waals surface area contributed by atoms with E-state index < -0.39 is 21.7 Å². The first-order valence-corrected chi connectivity index (χ1v) is 12.8. The Morgan fingerprint density at radius 2 is 1.82 bits per heavy atom. The van der Waals surface area contributed by atoms with Crippen LogP contribution in [0.1, 0.15) is 24.8 Å². The van der Waals surface area contributed by atoms with Gasteiger partial charge in [-0.3, -0.25) is 14.5 Å². The Balaban J connectivity index is 1.59. The van der Waals surface area contributed by atoms with Crippen molar-refractivity contribution in [2.45, 2.75) is 31.1 Å². The molecule has 1 saturated heterocycles. The van der Waals surface area contributed by atoms with Crippen LogP contribution in [0.4, 0.5) is 10.1 Å². The molecule has 0 spiro atoms. The smallest absolute Gasteiger partial charge is 0.241 e. The number of hydrogen-bond donors (Lipinski definition) is 2. The maximum absolute atomic E-state index is 13.3. The molecule has 2 amide bonds. The number of nitrogens with zero attached hydrogens (tertiary/aromatic N) is 2. The summed E-state index contributed by atoms with van der Waals surface area (Å²) in [7, 11) is -3.60. The van der Waals surface area contributed by atoms with Crippen molar-refractivity contribution >= 4 is 27.5 Å². The number of piperidine rings is 1. The van der Waals surface area contributed by atoms with Gasteiger partial charge in [0.05, 0.1) is 11.4 Å². The summed E-state index contributed by atoms with van der Waals surface area (Å²) in [4.78, 5) is 28.0. The summed E-state index contributed by atoms with van der Waals surface area (Å²) in [6, 6.07) is 12.2. The van der Waals surface area contributed by atoms with Gasteiger partial charge >= 0.3 is 0 Å². The molecule has 0 radical (unpaired) electrons. The molecule has 1 aliphatic heterocycles. The topological polar surface area (TPSA) is 113 Å². The minimum atomic E-state index is -3.60. The lowest BCUT2D eigenvalue weighted by Gasteiger charge is -2.34. The predicted octanol–water partition coefficient (Wildman–Crippen LogP) is 2.03. The molecule has 184 valence electrons. The van der Waals surface area contributed by atoms with Gasteiger partial charge in [0.2, 0.25) is 21.8 Å². The molecule has 8 nitrogen and oxygen atoms in total. The van der Waals surface area contributed by atoms with Crippen LogP contribution in [0.2, 0.25) is 0 Å². The van der Waals surface area contributed by atoms with E-state index in [-0.39, 0.29) is 42.8 Å². The summed E-state index contributed by atoms with van der Waals surface area (Å²) in [6.45, 7) is 3.66. The number of sulfonamides is 1. The summed E-state index contributed by atoms with van der Waals surface area (Å²) < 4.78 is 41.2. The highest BCUT2D eigenvalue weighted by Crippen LogP contribution is 2.20. The average Bonchev–Trinajstić information content (AvgIpc) is 2.79. The number of primary amides is 1. The first kappa shape index (κ1) is 25.8. The Labute approximate surface area is 200 Å². The summed E-state index contributed by atoms with van der Waals surface area (Å²) in [5.74, 6) is -1.11. The quantitative estimate of drug-likeness (QED) is 0.529. The molecular weight excluding hydrogens is 459 g/mol. The number of amides is 2. The molecule has 1 unspecified atom stereocenters. The van der Waals surface area contributed by atoms with Crippen LogP contribution in [0.25, 0.3) is 0 Å². The SMILES string of the molecule is Cc1ccc(S(=O)(=O)NCC2CCCN(CC(=O)N(CCC(N)=O)c3ccc(F)cc3)C2)cc1. The molecule has 1 heterocycles. The standard InChI is InChI=1S/C24H31FN4O4S/c1-18-4-10-22(11-5-18)34(32,33)27-15-19-3-2-13-28(16-19)17-24(31)29(14-12-23(26)30)21-8-6-20(25)7-9-21/h4-11,19,27H,2-3,12-17H2,1H3,(H2,26,30). The van der Waals surface area contributed by atoms with Gasteiger partial charge in [0.15, 0.2) is 0 Å². The second-order valence-electron chi connectivity index (χ2n) is 8.65. The minimum absolute atomic E-state index is 0.00741. The van der Waals surface area contributed by atoms with E-state index in [1.165, 1.54) is 29.2 Å². The molecule has 1 aliphatic rings. The highest BCUT2D eigenvalue weighted by molar-refractivity contribution is 7.89. The van der Waals surface area contributed by atoms with Crippen LogP contribution < -0.4 is 15.4 Å². The molecule has 0 aromatic heterocycles. The second-order valence-corrected chi connectivity index (χ2v) is 10.4. The number of hydrogen-bond acceptors (Lipinski definition) is 5. The Hall–Kier alpha value is -2.82. The van der Waals surface area contributed by atoms with Crippen LogP contribution >= 0.6 is 0 Å². The van der Waals surface area contributed by atoms with E-state index in [2.05, 4.69) is 4.72 Å². The zero-order valence-electron chi connectivity index (χ0n) is 19.2. The molecule has 10 heteroatoms. The lowest BCUT2D eigenvalue weighted by atomic mass is 9.98. The molecule has 1 fully saturated rings. The zero-order chi connectivity index (χ0) is 24.7. The second kappa shape index (κ2) is 11.5. The van der Waals surface area contributed by atoms with Crippen molar-refractivity contribution in [3.05, 3.63) is 59.9 Å². The van der Waals surface area contributed by atoms with E-state index in [1.54, 1.807) is 24.3 Å². The lowest BCUT2D eigenvalue weighted by molar-refractivity contribution is -0.120. The zero-order valence-corrected chi connectivity index (χ0v) is 20.1. The Bertz CT molecular complexity index is 1090. The molecule has 0 saturated carbocycles. The first-order valence-electron chi connectivity index (χ1n) is 11.3. The minimum Gasteiger partial charge on any atom is -0.370 e. The lowest BCUT2D eigenvalue weighted by Crippen LogP contribution is -2.47. The summed E-state index contributed by atoms with van der Waals surface area (Å²) in [6.07, 6.45) is 1.68. The summed E-state index contributed by atoms with van der Waals surface area (Å²) >= 11 is 0. The fourth-order valence-electron chi connectivity index (χ4n) is 4.01. The van der Waals surface area contributed by atoms with Gasteiger partial charge in [-0.15, -0.1) is 0 Å². The number of anilines is 1. The molecule has 2 aromatic carbocycles. The third kappa shape index (κ3) is 7.34. The number of nitrogens with two attached hydrogens (primary N) is 1. The number of rotatable bonds is 10. The Kier molecular flexibility index (Phi) is 8.76. The molecular formula is C24H31FN4O4S. The van der Waals surface area contributed by atoms with Crippen LogP contribution in [0.3, 0.4) is 0 Å². The van der Waals surface area contributed by atoms with E-state index >= 15 is 0 Å². The van der Waals surface area contributed by atoms with Crippen LogP contribution in [0, 0.1) is 18.7 Å². The molecule has 3 rings (SSSR count). The van der Waals surface area contributed by atoms with Gasteiger partial charge in [-0.1, -0.05) is 17.7 Å². The normalized spacial score (nSPS) is 16.8. The average molecular weight is 491 g/mol. The number of carbonyl (C=O) groups is 2. The van der Waals surface area contributed by atoms with Gasteiger partial charge in [-0.25, -0.2) is 17.5 Å². The molecule has 3 N–H and O–H groups in total. The monoisotopic (exact) mass is 490 g/mol. The van der Waals surface area contributed by atoms with Crippen molar-refractivity contribution in [3.8, 4) is 0 Å². The third-order valence-electron chi connectivity index (χ3n) is 5.88. The first-order chi connectivity index (χ1) is 16.1. The molecule has 34 heavy (non-hydrogen) atoms. The number of halogens is 1. The Morgan fingerprint density at radius 3 is 2.47 bits per heavy atom. The van der Waals surface area contributed by atoms with E-state index in [9.17, 15) is 22.4 Å². The van der Waals surface area contributed by atoms with E-state index in [0.29, 0.717) is 18.8 Å².